The van der Waals surface area contributed by atoms with Crippen molar-refractivity contribution in [3.63, 3.8) is 0 Å². The first-order chi connectivity index (χ1) is 10.5. The molecule has 0 saturated heterocycles. The van der Waals surface area contributed by atoms with Gasteiger partial charge in [0.15, 0.2) is 0 Å². The van der Waals surface area contributed by atoms with E-state index >= 15 is 0 Å². The summed E-state index contributed by atoms with van der Waals surface area (Å²) in [6.45, 7) is 9.86. The standard InChI is InChI=1S/C17H23N3O2/c1-10(2)14-8-21-16(19-14)12-6-5-7-13(18-12)17-20-15(9-22-17)11(3)4/h5-7,10-11,14-15H,8-9H2,1-4H3/t14-,15+. The zero-order valence-electron chi connectivity index (χ0n) is 13.6. The van der Waals surface area contributed by atoms with Gasteiger partial charge in [0.25, 0.3) is 0 Å². The monoisotopic (exact) mass is 301 g/mol. The van der Waals surface area contributed by atoms with Crippen LogP contribution >= 0.6 is 0 Å². The highest BCUT2D eigenvalue weighted by Crippen LogP contribution is 2.19. The maximum absolute atomic E-state index is 5.70. The lowest BCUT2D eigenvalue weighted by atomic mass is 10.1. The van der Waals surface area contributed by atoms with E-state index in [-0.39, 0.29) is 12.1 Å². The summed E-state index contributed by atoms with van der Waals surface area (Å²) >= 11 is 0. The molecule has 2 aliphatic heterocycles. The quantitative estimate of drug-likeness (QED) is 0.859. The van der Waals surface area contributed by atoms with Crippen LogP contribution in [0.5, 0.6) is 0 Å². The minimum absolute atomic E-state index is 0.214. The number of rotatable bonds is 4. The van der Waals surface area contributed by atoms with E-state index in [1.807, 2.05) is 18.2 Å². The molecule has 0 aliphatic carbocycles. The Balaban J connectivity index is 1.82. The smallest absolute Gasteiger partial charge is 0.235 e. The lowest BCUT2D eigenvalue weighted by molar-refractivity contribution is 0.290. The van der Waals surface area contributed by atoms with Crippen LogP contribution in [-0.2, 0) is 9.47 Å². The highest BCUT2D eigenvalue weighted by molar-refractivity contribution is 5.97. The Hall–Kier alpha value is -1.91. The predicted octanol–water partition coefficient (Wildman–Crippen LogP) is 2.68. The van der Waals surface area contributed by atoms with Crippen molar-refractivity contribution in [2.75, 3.05) is 13.2 Å². The summed E-state index contributed by atoms with van der Waals surface area (Å²) in [4.78, 5) is 13.9. The van der Waals surface area contributed by atoms with Gasteiger partial charge in [-0.1, -0.05) is 33.8 Å². The minimum atomic E-state index is 0.214. The first-order valence-electron chi connectivity index (χ1n) is 7.93. The molecule has 5 heteroatoms. The SMILES string of the molecule is CC(C)[C@@H]1COC(c2cccc(C3=N[C@@H](C(C)C)CO3)n2)=N1. The summed E-state index contributed by atoms with van der Waals surface area (Å²) in [5.41, 5.74) is 1.50. The summed E-state index contributed by atoms with van der Waals surface area (Å²) in [6, 6.07) is 6.21. The van der Waals surface area contributed by atoms with E-state index in [1.165, 1.54) is 0 Å². The van der Waals surface area contributed by atoms with Gasteiger partial charge in [-0.15, -0.1) is 0 Å². The lowest BCUT2D eigenvalue weighted by Crippen LogP contribution is -2.13. The molecule has 118 valence electrons. The van der Waals surface area contributed by atoms with Crippen LogP contribution < -0.4 is 0 Å². The highest BCUT2D eigenvalue weighted by Gasteiger charge is 2.26. The molecule has 3 heterocycles. The lowest BCUT2D eigenvalue weighted by Gasteiger charge is -2.06. The fraction of sp³-hybridized carbons (Fsp3) is 0.588. The maximum Gasteiger partial charge on any atom is 0.235 e. The molecule has 5 nitrogen and oxygen atoms in total. The minimum Gasteiger partial charge on any atom is -0.474 e. The van der Waals surface area contributed by atoms with E-state index in [0.29, 0.717) is 36.8 Å². The molecule has 0 radical (unpaired) electrons. The topological polar surface area (TPSA) is 56.1 Å². The number of pyridine rings is 1. The van der Waals surface area contributed by atoms with Crippen LogP contribution in [0.3, 0.4) is 0 Å². The molecular formula is C17H23N3O2. The molecular weight excluding hydrogens is 278 g/mol. The Kier molecular flexibility index (Phi) is 4.14. The first-order valence-corrected chi connectivity index (χ1v) is 7.93. The number of aliphatic imine (C=N–C) groups is 2. The van der Waals surface area contributed by atoms with Crippen LogP contribution in [-0.4, -0.2) is 42.1 Å². The Bertz CT molecular complexity index is 558. The van der Waals surface area contributed by atoms with Gasteiger partial charge in [-0.2, -0.15) is 0 Å². The average molecular weight is 301 g/mol. The molecule has 0 spiro atoms. The maximum atomic E-state index is 5.70. The van der Waals surface area contributed by atoms with Crippen LogP contribution in [0.2, 0.25) is 0 Å². The van der Waals surface area contributed by atoms with E-state index < -0.39 is 0 Å². The van der Waals surface area contributed by atoms with Crippen molar-refractivity contribution in [3.05, 3.63) is 29.6 Å². The number of nitrogens with zero attached hydrogens (tertiary/aromatic N) is 3. The molecule has 0 unspecified atom stereocenters. The number of hydrogen-bond donors (Lipinski definition) is 0. The average Bonchev–Trinajstić information content (AvgIpc) is 3.17. The number of ether oxygens (including phenoxy) is 2. The van der Waals surface area contributed by atoms with Crippen LogP contribution in [0.25, 0.3) is 0 Å². The van der Waals surface area contributed by atoms with Crippen LogP contribution in [0, 0.1) is 11.8 Å². The van der Waals surface area contributed by atoms with Gasteiger partial charge in [-0.3, -0.25) is 0 Å². The Labute approximate surface area is 131 Å². The van der Waals surface area contributed by atoms with E-state index in [0.717, 1.165) is 11.4 Å². The Morgan fingerprint density at radius 3 is 1.68 bits per heavy atom. The summed E-state index contributed by atoms with van der Waals surface area (Å²) < 4.78 is 11.4. The van der Waals surface area contributed by atoms with Gasteiger partial charge in [-0.25, -0.2) is 15.0 Å². The number of aromatic nitrogens is 1. The highest BCUT2D eigenvalue weighted by atomic mass is 16.5. The Morgan fingerprint density at radius 2 is 1.32 bits per heavy atom. The van der Waals surface area contributed by atoms with Crippen molar-refractivity contribution in [2.24, 2.45) is 21.8 Å². The van der Waals surface area contributed by atoms with Crippen LogP contribution in [0.1, 0.15) is 39.1 Å². The van der Waals surface area contributed by atoms with Gasteiger partial charge < -0.3 is 9.47 Å². The van der Waals surface area contributed by atoms with E-state index in [2.05, 4.69) is 42.7 Å². The van der Waals surface area contributed by atoms with E-state index in [1.54, 1.807) is 0 Å². The fourth-order valence-electron chi connectivity index (χ4n) is 2.42. The van der Waals surface area contributed by atoms with Crippen molar-refractivity contribution in [3.8, 4) is 0 Å². The van der Waals surface area contributed by atoms with Gasteiger partial charge in [-0.05, 0) is 24.0 Å². The second-order valence-corrected chi connectivity index (χ2v) is 6.52. The molecule has 22 heavy (non-hydrogen) atoms. The summed E-state index contributed by atoms with van der Waals surface area (Å²) in [5, 5.41) is 0. The third-order valence-corrected chi connectivity index (χ3v) is 4.07. The number of hydrogen-bond acceptors (Lipinski definition) is 5. The molecule has 0 amide bonds. The zero-order valence-corrected chi connectivity index (χ0v) is 13.6. The molecule has 2 aliphatic rings. The molecule has 2 atom stereocenters. The van der Waals surface area contributed by atoms with Gasteiger partial charge in [0, 0.05) is 0 Å². The second-order valence-electron chi connectivity index (χ2n) is 6.52. The van der Waals surface area contributed by atoms with Gasteiger partial charge in [0.1, 0.15) is 24.6 Å². The van der Waals surface area contributed by atoms with Crippen molar-refractivity contribution >= 4 is 11.8 Å². The third-order valence-electron chi connectivity index (χ3n) is 4.07. The zero-order chi connectivity index (χ0) is 15.7. The van der Waals surface area contributed by atoms with Crippen molar-refractivity contribution in [1.29, 1.82) is 0 Å². The van der Waals surface area contributed by atoms with Crippen molar-refractivity contribution < 1.29 is 9.47 Å². The molecule has 1 aromatic rings. The second kappa shape index (κ2) is 6.07. The molecule has 3 rings (SSSR count). The largest absolute Gasteiger partial charge is 0.474 e. The van der Waals surface area contributed by atoms with Crippen LogP contribution in [0.15, 0.2) is 28.2 Å². The van der Waals surface area contributed by atoms with Gasteiger partial charge in [0.05, 0.1) is 12.1 Å². The third kappa shape index (κ3) is 2.98. The first kappa shape index (κ1) is 15.0. The van der Waals surface area contributed by atoms with Crippen LogP contribution in [0.4, 0.5) is 0 Å². The van der Waals surface area contributed by atoms with Crippen molar-refractivity contribution in [1.82, 2.24) is 4.98 Å². The van der Waals surface area contributed by atoms with E-state index in [9.17, 15) is 0 Å². The molecule has 0 N–H and O–H groups in total. The molecule has 0 bridgehead atoms. The van der Waals surface area contributed by atoms with E-state index in [4.69, 9.17) is 9.47 Å². The normalized spacial score (nSPS) is 24.3. The predicted molar refractivity (Wildman–Crippen MR) is 86.5 cm³/mol. The molecule has 0 fully saturated rings. The van der Waals surface area contributed by atoms with Crippen molar-refractivity contribution in [2.45, 2.75) is 39.8 Å². The summed E-state index contributed by atoms with van der Waals surface area (Å²) in [5.74, 6) is 2.18. The Morgan fingerprint density at radius 1 is 0.864 bits per heavy atom. The van der Waals surface area contributed by atoms with Gasteiger partial charge in [0.2, 0.25) is 11.8 Å². The summed E-state index contributed by atoms with van der Waals surface area (Å²) in [7, 11) is 0. The summed E-state index contributed by atoms with van der Waals surface area (Å²) in [6.07, 6.45) is 0. The van der Waals surface area contributed by atoms with Gasteiger partial charge >= 0.3 is 0 Å². The molecule has 0 saturated carbocycles. The molecule has 0 aromatic carbocycles. The molecule has 1 aromatic heterocycles. The fourth-order valence-corrected chi connectivity index (χ4v) is 2.42.